The van der Waals surface area contributed by atoms with Crippen molar-refractivity contribution in [3.05, 3.63) is 40.5 Å². The summed E-state index contributed by atoms with van der Waals surface area (Å²) in [6.45, 7) is 0. The van der Waals surface area contributed by atoms with Crippen molar-refractivity contribution < 1.29 is 13.2 Å². The second-order valence-corrected chi connectivity index (χ2v) is 9.17. The monoisotopic (exact) mass is 379 g/mol. The van der Waals surface area contributed by atoms with Gasteiger partial charge < -0.3 is 5.32 Å². The molecular formula is C17H18ClN3O3S. The molecule has 0 atom stereocenters. The lowest BCUT2D eigenvalue weighted by Gasteiger charge is -2.14. The summed E-state index contributed by atoms with van der Waals surface area (Å²) in [5.41, 5.74) is 1.84. The Morgan fingerprint density at radius 1 is 1.16 bits per heavy atom. The molecule has 1 saturated carbocycles. The molecule has 0 radical (unpaired) electrons. The second-order valence-electron chi connectivity index (χ2n) is 6.66. The van der Waals surface area contributed by atoms with Gasteiger partial charge in [0.2, 0.25) is 5.91 Å². The summed E-state index contributed by atoms with van der Waals surface area (Å²) < 4.78 is 25.5. The topological polar surface area (TPSA) is 81.1 Å². The summed E-state index contributed by atoms with van der Waals surface area (Å²) in [6, 6.07) is 7.07. The minimum absolute atomic E-state index is 0.0118. The van der Waals surface area contributed by atoms with Crippen LogP contribution in [0.4, 0.5) is 5.82 Å². The first-order chi connectivity index (χ1) is 11.9. The first-order valence-corrected chi connectivity index (χ1v) is 10.5. The van der Waals surface area contributed by atoms with Gasteiger partial charge in [-0.1, -0.05) is 24.4 Å². The molecule has 2 aliphatic rings. The van der Waals surface area contributed by atoms with Gasteiger partial charge in [-0.2, -0.15) is 5.10 Å². The number of hydrogen-bond acceptors (Lipinski definition) is 4. The molecule has 1 N–H and O–H groups in total. The zero-order valence-electron chi connectivity index (χ0n) is 13.5. The quantitative estimate of drug-likeness (QED) is 0.888. The van der Waals surface area contributed by atoms with E-state index >= 15 is 0 Å². The van der Waals surface area contributed by atoms with E-state index in [1.165, 1.54) is 0 Å². The molecule has 1 aromatic heterocycles. The molecule has 0 saturated heterocycles. The Kier molecular flexibility index (Phi) is 4.08. The van der Waals surface area contributed by atoms with Gasteiger partial charge in [-0.15, -0.1) is 0 Å². The van der Waals surface area contributed by atoms with Gasteiger partial charge in [-0.05, 0) is 37.1 Å². The molecule has 2 aromatic rings. The second kappa shape index (κ2) is 6.14. The van der Waals surface area contributed by atoms with E-state index in [0.717, 1.165) is 31.4 Å². The summed E-state index contributed by atoms with van der Waals surface area (Å²) in [7, 11) is -3.19. The van der Waals surface area contributed by atoms with E-state index in [2.05, 4.69) is 10.4 Å². The Morgan fingerprint density at radius 3 is 2.52 bits per heavy atom. The number of halogens is 1. The van der Waals surface area contributed by atoms with Gasteiger partial charge in [0, 0.05) is 16.5 Å². The maximum atomic E-state index is 12.6. The summed E-state index contributed by atoms with van der Waals surface area (Å²) >= 11 is 5.94. The normalized spacial score (nSPS) is 19.1. The predicted octanol–water partition coefficient (Wildman–Crippen LogP) is 3.08. The van der Waals surface area contributed by atoms with Gasteiger partial charge in [0.25, 0.3) is 0 Å². The van der Waals surface area contributed by atoms with Gasteiger partial charge in [0.05, 0.1) is 22.9 Å². The van der Waals surface area contributed by atoms with Crippen LogP contribution in [0.25, 0.3) is 5.69 Å². The van der Waals surface area contributed by atoms with E-state index < -0.39 is 9.84 Å². The number of carbonyl (C=O) groups excluding carboxylic acids is 1. The molecule has 0 unspecified atom stereocenters. The Balaban J connectivity index is 1.74. The Labute approximate surface area is 151 Å². The highest BCUT2D eigenvalue weighted by molar-refractivity contribution is 7.90. The van der Waals surface area contributed by atoms with E-state index in [1.54, 1.807) is 28.9 Å². The third kappa shape index (κ3) is 3.18. The van der Waals surface area contributed by atoms with Gasteiger partial charge in [-0.3, -0.25) is 4.79 Å². The molecule has 1 fully saturated rings. The maximum Gasteiger partial charge on any atom is 0.228 e. The fourth-order valence-corrected chi connectivity index (χ4v) is 5.17. The number of hydrogen-bond donors (Lipinski definition) is 1. The SMILES string of the molecule is O=C(Nc1c2c(nn1-c1ccc(Cl)cc1)CS(=O)(=O)C2)C1CCCC1. The number of amides is 1. The minimum Gasteiger partial charge on any atom is -0.310 e. The van der Waals surface area contributed by atoms with Crippen LogP contribution in [0, 0.1) is 5.92 Å². The summed E-state index contributed by atoms with van der Waals surface area (Å²) in [5, 5.41) is 7.99. The Bertz CT molecular complexity index is 929. The molecule has 0 bridgehead atoms. The van der Waals surface area contributed by atoms with Crippen molar-refractivity contribution in [1.29, 1.82) is 0 Å². The number of nitrogens with one attached hydrogen (secondary N) is 1. The smallest absolute Gasteiger partial charge is 0.228 e. The van der Waals surface area contributed by atoms with Crippen LogP contribution < -0.4 is 5.32 Å². The molecule has 1 aliphatic carbocycles. The van der Waals surface area contributed by atoms with Crippen LogP contribution in [0.5, 0.6) is 0 Å². The minimum atomic E-state index is -3.19. The molecule has 1 aliphatic heterocycles. The van der Waals surface area contributed by atoms with E-state index in [9.17, 15) is 13.2 Å². The molecule has 4 rings (SSSR count). The van der Waals surface area contributed by atoms with Crippen molar-refractivity contribution in [2.75, 3.05) is 5.32 Å². The van der Waals surface area contributed by atoms with Crippen molar-refractivity contribution >= 4 is 33.2 Å². The highest BCUT2D eigenvalue weighted by atomic mass is 35.5. The fourth-order valence-electron chi connectivity index (χ4n) is 3.55. The maximum absolute atomic E-state index is 12.6. The third-order valence-electron chi connectivity index (χ3n) is 4.83. The average molecular weight is 380 g/mol. The number of aromatic nitrogens is 2. The highest BCUT2D eigenvalue weighted by Crippen LogP contribution is 2.34. The molecular weight excluding hydrogens is 362 g/mol. The molecule has 8 heteroatoms. The molecule has 132 valence electrons. The third-order valence-corrected chi connectivity index (χ3v) is 6.52. The number of rotatable bonds is 3. The number of sulfone groups is 1. The van der Waals surface area contributed by atoms with E-state index in [1.807, 2.05) is 0 Å². The lowest BCUT2D eigenvalue weighted by atomic mass is 10.1. The van der Waals surface area contributed by atoms with Crippen molar-refractivity contribution in [3.8, 4) is 5.69 Å². The van der Waals surface area contributed by atoms with Gasteiger partial charge in [0.1, 0.15) is 5.82 Å². The summed E-state index contributed by atoms with van der Waals surface area (Å²) in [6.07, 6.45) is 3.87. The van der Waals surface area contributed by atoms with Crippen molar-refractivity contribution in [2.45, 2.75) is 37.2 Å². The number of benzene rings is 1. The van der Waals surface area contributed by atoms with Crippen LogP contribution >= 0.6 is 11.6 Å². The first kappa shape index (κ1) is 16.6. The summed E-state index contributed by atoms with van der Waals surface area (Å²) in [4.78, 5) is 12.6. The standard InChI is InChI=1S/C17H18ClN3O3S/c18-12-5-7-13(8-6-12)21-16(19-17(22)11-3-1-2-4-11)14-9-25(23,24)10-15(14)20-21/h5-8,11H,1-4,9-10H2,(H,19,22). The molecule has 2 heterocycles. The van der Waals surface area contributed by atoms with Crippen LogP contribution in [0.15, 0.2) is 24.3 Å². The van der Waals surface area contributed by atoms with Gasteiger partial charge in [-0.25, -0.2) is 13.1 Å². The first-order valence-electron chi connectivity index (χ1n) is 8.31. The Morgan fingerprint density at radius 2 is 1.84 bits per heavy atom. The van der Waals surface area contributed by atoms with Gasteiger partial charge >= 0.3 is 0 Å². The van der Waals surface area contributed by atoms with Crippen LogP contribution in [-0.4, -0.2) is 24.1 Å². The van der Waals surface area contributed by atoms with Crippen LogP contribution in [0.1, 0.15) is 36.9 Å². The van der Waals surface area contributed by atoms with E-state index in [0.29, 0.717) is 22.1 Å². The molecule has 1 amide bonds. The van der Waals surface area contributed by atoms with E-state index in [-0.39, 0.29) is 23.3 Å². The Hall–Kier alpha value is -1.86. The zero-order chi connectivity index (χ0) is 17.6. The van der Waals surface area contributed by atoms with Gasteiger partial charge in [0.15, 0.2) is 9.84 Å². The number of fused-ring (bicyclic) bond motifs is 1. The molecule has 25 heavy (non-hydrogen) atoms. The molecule has 6 nitrogen and oxygen atoms in total. The largest absolute Gasteiger partial charge is 0.310 e. The van der Waals surface area contributed by atoms with Crippen molar-refractivity contribution in [3.63, 3.8) is 0 Å². The summed E-state index contributed by atoms with van der Waals surface area (Å²) in [5.74, 6) is 0.225. The van der Waals surface area contributed by atoms with Crippen molar-refractivity contribution in [2.24, 2.45) is 5.92 Å². The number of carbonyl (C=O) groups is 1. The van der Waals surface area contributed by atoms with E-state index in [4.69, 9.17) is 11.6 Å². The molecule has 0 spiro atoms. The average Bonchev–Trinajstić information content (AvgIpc) is 3.25. The zero-order valence-corrected chi connectivity index (χ0v) is 15.1. The van der Waals surface area contributed by atoms with Crippen LogP contribution in [0.2, 0.25) is 5.02 Å². The highest BCUT2D eigenvalue weighted by Gasteiger charge is 2.34. The number of anilines is 1. The lowest BCUT2D eigenvalue weighted by molar-refractivity contribution is -0.119. The van der Waals surface area contributed by atoms with Crippen molar-refractivity contribution in [1.82, 2.24) is 9.78 Å². The lowest BCUT2D eigenvalue weighted by Crippen LogP contribution is -2.23. The van der Waals surface area contributed by atoms with Crippen LogP contribution in [-0.2, 0) is 26.1 Å². The number of nitrogens with zero attached hydrogens (tertiary/aromatic N) is 2. The molecule has 1 aromatic carbocycles. The fraction of sp³-hybridized carbons (Fsp3) is 0.412. The predicted molar refractivity (Wildman–Crippen MR) is 95.5 cm³/mol. The van der Waals surface area contributed by atoms with Crippen LogP contribution in [0.3, 0.4) is 0 Å².